The van der Waals surface area contributed by atoms with Crippen molar-refractivity contribution in [1.29, 1.82) is 5.26 Å². The highest BCUT2D eigenvalue weighted by atomic mass is 35.5. The first-order valence-electron chi connectivity index (χ1n) is 12.8. The van der Waals surface area contributed by atoms with Crippen LogP contribution in [0.5, 0.6) is 0 Å². The molecule has 1 amide bonds. The summed E-state index contributed by atoms with van der Waals surface area (Å²) < 4.78 is 3.22. The summed E-state index contributed by atoms with van der Waals surface area (Å²) in [6.45, 7) is -0.116. The molecule has 1 aliphatic heterocycles. The minimum absolute atomic E-state index is 0.0471. The highest BCUT2D eigenvalue weighted by molar-refractivity contribution is 6.31. The summed E-state index contributed by atoms with van der Waals surface area (Å²) in [5.41, 5.74) is 4.02. The van der Waals surface area contributed by atoms with Crippen molar-refractivity contribution in [2.75, 3.05) is 23.8 Å². The van der Waals surface area contributed by atoms with Crippen molar-refractivity contribution in [3.8, 4) is 11.8 Å². The van der Waals surface area contributed by atoms with Crippen LogP contribution in [0.1, 0.15) is 11.1 Å². The lowest BCUT2D eigenvalue weighted by Crippen LogP contribution is -2.52. The average Bonchev–Trinajstić information content (AvgIpc) is 3.60. The number of nitrogens with one attached hydrogen (secondary N) is 1. The Morgan fingerprint density at radius 1 is 1.05 bits per heavy atom. The van der Waals surface area contributed by atoms with Crippen LogP contribution < -0.4 is 10.4 Å². The number of fused-ring (bicyclic) bond motifs is 1. The number of amides is 1. The average molecular weight is 604 g/mol. The van der Waals surface area contributed by atoms with E-state index < -0.39 is 6.04 Å². The molecular formula is C28H23Cl2N9O3. The fraction of sp³-hybridized carbons (Fsp3) is 0.179. The number of nitrogens with zero attached hydrogens (tertiary/aromatic N) is 8. The van der Waals surface area contributed by atoms with E-state index in [1.807, 2.05) is 37.5 Å². The van der Waals surface area contributed by atoms with Crippen LogP contribution in [0.15, 0.2) is 73.1 Å². The normalized spacial score (nSPS) is 14.6. The van der Waals surface area contributed by atoms with Crippen molar-refractivity contribution in [3.05, 3.63) is 94.4 Å². The molecule has 1 fully saturated rings. The molecule has 0 spiro atoms. The van der Waals surface area contributed by atoms with Gasteiger partial charge in [0.2, 0.25) is 5.91 Å². The van der Waals surface area contributed by atoms with Gasteiger partial charge in [0.15, 0.2) is 18.6 Å². The number of hydroxylamine groups is 3. The van der Waals surface area contributed by atoms with Gasteiger partial charge in [0, 0.05) is 29.3 Å². The van der Waals surface area contributed by atoms with Crippen LogP contribution in [0.25, 0.3) is 16.6 Å². The molecule has 3 aromatic carbocycles. The van der Waals surface area contributed by atoms with E-state index in [4.69, 9.17) is 32.9 Å². The lowest BCUT2D eigenvalue weighted by molar-refractivity contribution is -0.279. The predicted molar refractivity (Wildman–Crippen MR) is 156 cm³/mol. The minimum atomic E-state index is -0.766. The second kappa shape index (κ2) is 11.8. The maximum absolute atomic E-state index is 13.7. The van der Waals surface area contributed by atoms with Gasteiger partial charge in [0.25, 0.3) is 0 Å². The Hall–Kier alpha value is -4.51. The number of aryl methyl sites for hydroxylation is 1. The molecule has 12 nitrogen and oxygen atoms in total. The van der Waals surface area contributed by atoms with Crippen LogP contribution in [0.3, 0.4) is 0 Å². The molecule has 0 bridgehead atoms. The summed E-state index contributed by atoms with van der Waals surface area (Å²) in [6, 6.07) is 19.1. The lowest BCUT2D eigenvalue weighted by Gasteiger charge is -2.38. The Morgan fingerprint density at radius 2 is 1.88 bits per heavy atom. The van der Waals surface area contributed by atoms with Gasteiger partial charge in [-0.1, -0.05) is 40.5 Å². The van der Waals surface area contributed by atoms with Crippen molar-refractivity contribution in [1.82, 2.24) is 29.8 Å². The summed E-state index contributed by atoms with van der Waals surface area (Å²) in [6.07, 6.45) is 3.74. The van der Waals surface area contributed by atoms with Crippen LogP contribution in [0.4, 0.5) is 11.4 Å². The van der Waals surface area contributed by atoms with E-state index in [2.05, 4.69) is 26.8 Å². The Balaban J connectivity index is 1.23. The van der Waals surface area contributed by atoms with Crippen molar-refractivity contribution >= 4 is 51.4 Å². The highest BCUT2D eigenvalue weighted by Crippen LogP contribution is 2.30. The summed E-state index contributed by atoms with van der Waals surface area (Å²) in [5, 5.41) is 29.1. The number of nitriles is 1. The van der Waals surface area contributed by atoms with Gasteiger partial charge in [-0.3, -0.25) is 19.2 Å². The zero-order chi connectivity index (χ0) is 29.2. The molecule has 3 heterocycles. The Kier molecular flexibility index (Phi) is 7.75. The van der Waals surface area contributed by atoms with Crippen LogP contribution in [-0.2, 0) is 27.9 Å². The smallest absolute Gasteiger partial charge is 0.244 e. The van der Waals surface area contributed by atoms with Gasteiger partial charge < -0.3 is 5.32 Å². The molecule has 1 aliphatic rings. The predicted octanol–water partition coefficient (Wildman–Crippen LogP) is 4.48. The maximum atomic E-state index is 13.7. The quantitative estimate of drug-likeness (QED) is 0.286. The first-order valence-corrected chi connectivity index (χ1v) is 13.5. The first-order chi connectivity index (χ1) is 20.4. The number of carbonyl (C=O) groups is 1. The largest absolute Gasteiger partial charge is 0.325 e. The van der Waals surface area contributed by atoms with E-state index >= 15 is 0 Å². The number of carbonyl (C=O) groups excluding carboxylic acids is 1. The van der Waals surface area contributed by atoms with E-state index in [9.17, 15) is 10.1 Å². The highest BCUT2D eigenvalue weighted by Gasteiger charge is 2.33. The number of rotatable bonds is 7. The molecule has 0 radical (unpaired) electrons. The van der Waals surface area contributed by atoms with Gasteiger partial charge in [-0.2, -0.15) is 10.4 Å². The second-order valence-corrected chi connectivity index (χ2v) is 10.3. The number of anilines is 2. The van der Waals surface area contributed by atoms with Gasteiger partial charge in [-0.25, -0.2) is 9.75 Å². The van der Waals surface area contributed by atoms with Gasteiger partial charge in [-0.05, 0) is 60.5 Å². The van der Waals surface area contributed by atoms with Crippen LogP contribution in [0.2, 0.25) is 10.2 Å². The summed E-state index contributed by atoms with van der Waals surface area (Å²) >= 11 is 12.3. The fourth-order valence-corrected chi connectivity index (χ4v) is 4.91. The molecule has 1 saturated heterocycles. The van der Waals surface area contributed by atoms with E-state index in [0.717, 1.165) is 16.5 Å². The maximum Gasteiger partial charge on any atom is 0.244 e. The van der Waals surface area contributed by atoms with Crippen molar-refractivity contribution in [3.63, 3.8) is 0 Å². The third kappa shape index (κ3) is 5.91. The fourth-order valence-electron chi connectivity index (χ4n) is 4.61. The molecule has 0 saturated carbocycles. The molecule has 2 aromatic heterocycles. The standard InChI is InChI=1S/C28H23Cl2N9O3/c1-36-14-20-11-22(7-8-23(20)34-36)32-28(40)26(10-18-2-4-19(13-31)5-3-18)39-17-41-38(16-42-39)25-12-21(29)6-9-24(25)37-15-27(30)33-35-37/h2-9,11-12,14-15,26H,10,16-17H2,1H3,(H,32,40). The van der Waals surface area contributed by atoms with Crippen molar-refractivity contribution in [2.45, 2.75) is 12.5 Å². The Bertz CT molecular complexity index is 1790. The molecule has 212 valence electrons. The number of aromatic nitrogens is 5. The zero-order valence-corrected chi connectivity index (χ0v) is 23.7. The molecule has 1 atom stereocenters. The minimum Gasteiger partial charge on any atom is -0.325 e. The zero-order valence-electron chi connectivity index (χ0n) is 22.2. The molecule has 0 aliphatic carbocycles. The first kappa shape index (κ1) is 27.6. The van der Waals surface area contributed by atoms with E-state index in [0.29, 0.717) is 34.1 Å². The van der Waals surface area contributed by atoms with Crippen molar-refractivity contribution < 1.29 is 14.5 Å². The Labute approximate surface area is 250 Å². The summed E-state index contributed by atoms with van der Waals surface area (Å²) in [4.78, 5) is 25.8. The molecule has 42 heavy (non-hydrogen) atoms. The number of hydrogen-bond acceptors (Lipinski definition) is 9. The molecule has 6 rings (SSSR count). The second-order valence-electron chi connectivity index (χ2n) is 9.53. The van der Waals surface area contributed by atoms with E-state index in [1.165, 1.54) is 14.8 Å². The lowest BCUT2D eigenvalue weighted by atomic mass is 10.0. The number of benzene rings is 3. The van der Waals surface area contributed by atoms with E-state index in [-0.39, 0.29) is 24.5 Å². The van der Waals surface area contributed by atoms with Crippen LogP contribution in [-0.4, -0.2) is 55.2 Å². The summed E-state index contributed by atoms with van der Waals surface area (Å²) in [7, 11) is 1.84. The number of hydrogen-bond donors (Lipinski definition) is 1. The Morgan fingerprint density at radius 3 is 2.60 bits per heavy atom. The molecule has 1 unspecified atom stereocenters. The molecule has 1 N–H and O–H groups in total. The molecule has 5 aromatic rings. The third-order valence-electron chi connectivity index (χ3n) is 6.65. The SMILES string of the molecule is Cn1cc2cc(NC(=O)C(Cc3ccc(C#N)cc3)N3CON(c4cc(Cl)ccc4-n4cc(Cl)nn4)CO3)ccc2n1. The molecule has 14 heteroatoms. The monoisotopic (exact) mass is 603 g/mol. The van der Waals surface area contributed by atoms with Gasteiger partial charge in [-0.15, -0.1) is 10.2 Å². The third-order valence-corrected chi connectivity index (χ3v) is 7.06. The van der Waals surface area contributed by atoms with Gasteiger partial charge in [0.05, 0.1) is 34.7 Å². The van der Waals surface area contributed by atoms with Gasteiger partial charge >= 0.3 is 0 Å². The van der Waals surface area contributed by atoms with Gasteiger partial charge in [0.1, 0.15) is 6.04 Å². The van der Waals surface area contributed by atoms with Crippen LogP contribution in [0, 0.1) is 11.3 Å². The summed E-state index contributed by atoms with van der Waals surface area (Å²) in [5.74, 6) is -0.291. The van der Waals surface area contributed by atoms with E-state index in [1.54, 1.807) is 47.3 Å². The topological polar surface area (TPSA) is 126 Å². The van der Waals surface area contributed by atoms with Crippen molar-refractivity contribution in [2.24, 2.45) is 7.05 Å². The number of halogens is 2. The molecular weight excluding hydrogens is 581 g/mol. The van der Waals surface area contributed by atoms with Crippen LogP contribution >= 0.6 is 23.2 Å².